The minimum atomic E-state index is -0.896. The van der Waals surface area contributed by atoms with Crippen LogP contribution in [0.15, 0.2) is 34.8 Å². The topological polar surface area (TPSA) is 124 Å². The molecule has 0 saturated carbocycles. The summed E-state index contributed by atoms with van der Waals surface area (Å²) in [7, 11) is 0. The number of hydrogen-bond acceptors (Lipinski definition) is 6. The molecule has 5 rings (SSSR count). The molecule has 0 saturated heterocycles. The molecule has 3 heterocycles. The summed E-state index contributed by atoms with van der Waals surface area (Å²) in [5, 5.41) is 13.5. The van der Waals surface area contributed by atoms with Gasteiger partial charge in [0.25, 0.3) is 5.91 Å². The fourth-order valence-electron chi connectivity index (χ4n) is 4.23. The molecule has 7 nitrogen and oxygen atoms in total. The number of aryl methyl sites for hydroxylation is 1. The number of halogens is 1. The van der Waals surface area contributed by atoms with Crippen LogP contribution < -0.4 is 11.5 Å². The van der Waals surface area contributed by atoms with Gasteiger partial charge in [-0.1, -0.05) is 35.1 Å². The van der Waals surface area contributed by atoms with Crippen LogP contribution in [0.5, 0.6) is 0 Å². The Morgan fingerprint density at radius 2 is 2.06 bits per heavy atom. The lowest BCUT2D eigenvalue weighted by Gasteiger charge is -2.11. The Bertz CT molecular complexity index is 1460. The molecule has 0 bridgehead atoms. The first-order valence-electron chi connectivity index (χ1n) is 10.2. The number of aromatic nitrogens is 2. The largest absolute Gasteiger partial charge is 0.481 e. The predicted octanol–water partition coefficient (Wildman–Crippen LogP) is 4.71. The molecule has 0 spiro atoms. The zero-order chi connectivity index (χ0) is 23.3. The minimum Gasteiger partial charge on any atom is -0.481 e. The molecule has 4 aromatic rings. The Labute approximate surface area is 201 Å². The fraction of sp³-hybridized carbons (Fsp3) is 0.174. The Balaban J connectivity index is 1.64. The van der Waals surface area contributed by atoms with Gasteiger partial charge in [0.1, 0.15) is 5.69 Å². The van der Waals surface area contributed by atoms with Crippen molar-refractivity contribution >= 4 is 68.3 Å². The first-order valence-corrected chi connectivity index (χ1v) is 12.2. The summed E-state index contributed by atoms with van der Waals surface area (Å²) in [5.41, 5.74) is 16.1. The molecule has 33 heavy (non-hydrogen) atoms. The number of thiophene rings is 1. The van der Waals surface area contributed by atoms with E-state index in [9.17, 15) is 14.7 Å². The number of carbonyl (C=O) groups excluding carboxylic acids is 1. The van der Waals surface area contributed by atoms with Crippen molar-refractivity contribution in [1.82, 2.24) is 9.55 Å². The van der Waals surface area contributed by atoms with Gasteiger partial charge in [-0.3, -0.25) is 9.59 Å². The number of carbonyl (C=O) groups is 2. The number of primary amides is 1. The molecule has 3 aromatic heterocycles. The Morgan fingerprint density at radius 3 is 2.82 bits per heavy atom. The summed E-state index contributed by atoms with van der Waals surface area (Å²) in [4.78, 5) is 29.3. The Kier molecular flexibility index (Phi) is 5.48. The van der Waals surface area contributed by atoms with Crippen LogP contribution >= 0.6 is 34.3 Å². The highest BCUT2D eigenvalue weighted by Gasteiger charge is 2.20. The van der Waals surface area contributed by atoms with Gasteiger partial charge >= 0.3 is 5.97 Å². The molecule has 5 N–H and O–H groups in total. The van der Waals surface area contributed by atoms with Crippen molar-refractivity contribution in [2.45, 2.75) is 25.8 Å². The van der Waals surface area contributed by atoms with Gasteiger partial charge in [-0.05, 0) is 52.6 Å². The Hall–Kier alpha value is -3.14. The summed E-state index contributed by atoms with van der Waals surface area (Å²) in [6.07, 6.45) is 5.61. The number of fused-ring (bicyclic) bond motifs is 2. The molecule has 1 aliphatic rings. The molecule has 0 fully saturated rings. The number of benzene rings is 1. The van der Waals surface area contributed by atoms with Crippen LogP contribution in [0.1, 0.15) is 38.5 Å². The van der Waals surface area contributed by atoms with Crippen LogP contribution in [0.3, 0.4) is 0 Å². The second-order valence-electron chi connectivity index (χ2n) is 7.87. The number of carboxylic acid groups (broad SMARTS) is 1. The van der Waals surface area contributed by atoms with Crippen molar-refractivity contribution in [3.8, 4) is 10.4 Å². The van der Waals surface area contributed by atoms with E-state index in [4.69, 9.17) is 23.1 Å². The van der Waals surface area contributed by atoms with Gasteiger partial charge in [0.15, 0.2) is 5.13 Å². The highest BCUT2D eigenvalue weighted by molar-refractivity contribution is 7.19. The molecular weight excluding hydrogens is 480 g/mol. The number of nitrogens with two attached hydrogens (primary N) is 2. The quantitative estimate of drug-likeness (QED) is 0.355. The number of aliphatic carboxylic acids is 1. The number of amides is 1. The van der Waals surface area contributed by atoms with Crippen molar-refractivity contribution in [3.63, 3.8) is 0 Å². The highest BCUT2D eigenvalue weighted by atomic mass is 35.5. The second kappa shape index (κ2) is 8.33. The van der Waals surface area contributed by atoms with E-state index in [1.54, 1.807) is 11.3 Å². The van der Waals surface area contributed by atoms with E-state index in [0.29, 0.717) is 11.4 Å². The lowest BCUT2D eigenvalue weighted by atomic mass is 10.0. The predicted molar refractivity (Wildman–Crippen MR) is 133 cm³/mol. The van der Waals surface area contributed by atoms with Gasteiger partial charge in [0, 0.05) is 33.6 Å². The van der Waals surface area contributed by atoms with Gasteiger partial charge in [-0.25, -0.2) is 4.98 Å². The molecule has 0 unspecified atom stereocenters. The number of anilines is 1. The third-order valence-corrected chi connectivity index (χ3v) is 8.01. The smallest absolute Gasteiger partial charge is 0.307 e. The van der Waals surface area contributed by atoms with E-state index in [1.165, 1.54) is 16.2 Å². The first-order chi connectivity index (χ1) is 15.8. The number of allylic oxidation sites excluding steroid dienone is 1. The summed E-state index contributed by atoms with van der Waals surface area (Å²) >= 11 is 9.22. The molecule has 10 heteroatoms. The van der Waals surface area contributed by atoms with Crippen molar-refractivity contribution in [1.29, 1.82) is 0 Å². The molecular formula is C23H19ClN4O3S2. The van der Waals surface area contributed by atoms with Gasteiger partial charge in [-0.2, -0.15) is 0 Å². The van der Waals surface area contributed by atoms with Gasteiger partial charge in [0.2, 0.25) is 0 Å². The zero-order valence-corrected chi connectivity index (χ0v) is 19.7. The third kappa shape index (κ3) is 4.03. The molecule has 0 aliphatic heterocycles. The Morgan fingerprint density at radius 1 is 1.24 bits per heavy atom. The van der Waals surface area contributed by atoms with Gasteiger partial charge < -0.3 is 21.1 Å². The van der Waals surface area contributed by atoms with Crippen molar-refractivity contribution in [2.75, 3.05) is 5.73 Å². The normalized spacial score (nSPS) is 13.2. The number of carboxylic acids is 1. The van der Waals surface area contributed by atoms with Crippen LogP contribution in [0.25, 0.3) is 27.4 Å². The van der Waals surface area contributed by atoms with Crippen molar-refractivity contribution < 1.29 is 14.7 Å². The lowest BCUT2D eigenvalue weighted by Crippen LogP contribution is -2.12. The second-order valence-corrected chi connectivity index (χ2v) is 10.3. The van der Waals surface area contributed by atoms with Crippen molar-refractivity contribution in [2.24, 2.45) is 5.73 Å². The minimum absolute atomic E-state index is 0.0869. The summed E-state index contributed by atoms with van der Waals surface area (Å²) in [6, 6.07) is 5.65. The van der Waals surface area contributed by atoms with E-state index < -0.39 is 11.9 Å². The number of nitrogen functional groups attached to an aromatic ring is 1. The van der Waals surface area contributed by atoms with Crippen LogP contribution in [-0.4, -0.2) is 26.5 Å². The molecule has 0 atom stereocenters. The van der Waals surface area contributed by atoms with Crippen LogP contribution in [0.4, 0.5) is 5.13 Å². The SMILES string of the molecule is NC(=O)c1nc(N)sc1-c1ccc2c(CC(=O)O)cn(Cc3csc4c3C=C(Cl)CC4)c2c1. The average Bonchev–Trinajstić information content (AvgIpc) is 3.44. The first kappa shape index (κ1) is 21.7. The molecule has 168 valence electrons. The molecule has 0 radical (unpaired) electrons. The standard InChI is InChI=1S/C23H19ClN4O3S2/c24-14-2-4-18-16(7-14)13(10-32-18)9-28-8-12(6-19(29)30)15-3-1-11(5-17(15)28)21-20(22(25)31)27-23(26)33-21/h1,3,5,7-8,10H,2,4,6,9H2,(H2,25,31)(H2,26,27)(H,29,30). The summed E-state index contributed by atoms with van der Waals surface area (Å²) in [6.45, 7) is 0.569. The third-order valence-electron chi connectivity index (χ3n) is 5.67. The monoisotopic (exact) mass is 498 g/mol. The molecule has 1 amide bonds. The summed E-state index contributed by atoms with van der Waals surface area (Å²) in [5.74, 6) is -1.54. The van der Waals surface area contributed by atoms with E-state index >= 15 is 0 Å². The van der Waals surface area contributed by atoms with Gasteiger partial charge in [0.05, 0.1) is 11.3 Å². The number of rotatable bonds is 6. The van der Waals surface area contributed by atoms with Crippen LogP contribution in [-0.2, 0) is 24.2 Å². The lowest BCUT2D eigenvalue weighted by molar-refractivity contribution is -0.136. The zero-order valence-electron chi connectivity index (χ0n) is 17.3. The highest BCUT2D eigenvalue weighted by Crippen LogP contribution is 2.37. The number of thiazole rings is 1. The molecule has 1 aromatic carbocycles. The summed E-state index contributed by atoms with van der Waals surface area (Å²) < 4.78 is 2.05. The van der Waals surface area contributed by atoms with Gasteiger partial charge in [-0.15, -0.1) is 11.3 Å². The van der Waals surface area contributed by atoms with Crippen LogP contribution in [0, 0.1) is 0 Å². The maximum Gasteiger partial charge on any atom is 0.307 e. The number of hydrogen-bond donors (Lipinski definition) is 3. The van der Waals surface area contributed by atoms with E-state index in [0.717, 1.165) is 51.0 Å². The van der Waals surface area contributed by atoms with E-state index in [-0.39, 0.29) is 17.2 Å². The maximum absolute atomic E-state index is 11.9. The van der Waals surface area contributed by atoms with Crippen molar-refractivity contribution in [3.05, 3.63) is 62.1 Å². The maximum atomic E-state index is 11.9. The van der Waals surface area contributed by atoms with Crippen LogP contribution in [0.2, 0.25) is 0 Å². The average molecular weight is 499 g/mol. The van der Waals surface area contributed by atoms with E-state index in [2.05, 4.69) is 10.4 Å². The fourth-order valence-corrected chi connectivity index (χ4v) is 6.29. The molecule has 1 aliphatic carbocycles. The number of nitrogens with zero attached hydrogens (tertiary/aromatic N) is 2. The van der Waals surface area contributed by atoms with E-state index in [1.807, 2.05) is 35.0 Å².